The predicted octanol–water partition coefficient (Wildman–Crippen LogP) is 1.44. The molecule has 18 heavy (non-hydrogen) atoms. The van der Waals surface area contributed by atoms with Crippen LogP contribution in [0.5, 0.6) is 0 Å². The normalized spacial score (nSPS) is 12.3. The molecule has 1 N–H and O–H groups in total. The zero-order valence-electron chi connectivity index (χ0n) is 9.94. The second-order valence-corrected chi connectivity index (χ2v) is 5.01. The molecule has 1 unspecified atom stereocenters. The summed E-state index contributed by atoms with van der Waals surface area (Å²) < 4.78 is 1.78. The average molecular weight is 264 g/mol. The van der Waals surface area contributed by atoms with Gasteiger partial charge in [0.05, 0.1) is 0 Å². The molecule has 0 saturated heterocycles. The first-order chi connectivity index (χ1) is 8.59. The van der Waals surface area contributed by atoms with Crippen LogP contribution < -0.4 is 0 Å². The molecule has 0 spiro atoms. The maximum Gasteiger partial charge on any atom is 0.316 e. The molecule has 2 aromatic heterocycles. The molecule has 94 valence electrons. The number of thioether (sulfide) groups is 1. The monoisotopic (exact) mass is 264 g/mol. The predicted molar refractivity (Wildman–Crippen MR) is 67.2 cm³/mol. The summed E-state index contributed by atoms with van der Waals surface area (Å²) in [5, 5.41) is 17.0. The molecule has 2 aromatic rings. The van der Waals surface area contributed by atoms with Crippen molar-refractivity contribution in [1.82, 2.24) is 19.7 Å². The van der Waals surface area contributed by atoms with Gasteiger partial charge in [-0.2, -0.15) is 0 Å². The van der Waals surface area contributed by atoms with Gasteiger partial charge in [0.15, 0.2) is 11.0 Å². The van der Waals surface area contributed by atoms with Crippen molar-refractivity contribution >= 4 is 17.7 Å². The van der Waals surface area contributed by atoms with Crippen molar-refractivity contribution < 1.29 is 9.90 Å². The van der Waals surface area contributed by atoms with Gasteiger partial charge in [-0.1, -0.05) is 11.8 Å². The molecule has 7 heteroatoms. The highest BCUT2D eigenvalue weighted by Gasteiger charge is 2.18. The average Bonchev–Trinajstić information content (AvgIpc) is 2.72. The van der Waals surface area contributed by atoms with Crippen molar-refractivity contribution in [3.05, 3.63) is 24.5 Å². The van der Waals surface area contributed by atoms with Crippen LogP contribution in [0.1, 0.15) is 6.92 Å². The van der Waals surface area contributed by atoms with Gasteiger partial charge in [0.25, 0.3) is 0 Å². The largest absolute Gasteiger partial charge is 0.480 e. The smallest absolute Gasteiger partial charge is 0.316 e. The van der Waals surface area contributed by atoms with Crippen LogP contribution in [0.4, 0.5) is 0 Å². The Bertz CT molecular complexity index is 555. The molecule has 0 amide bonds. The van der Waals surface area contributed by atoms with Crippen LogP contribution in [-0.2, 0) is 11.8 Å². The maximum atomic E-state index is 10.8. The molecular weight excluding hydrogens is 252 g/mol. The van der Waals surface area contributed by atoms with E-state index < -0.39 is 11.2 Å². The van der Waals surface area contributed by atoms with E-state index in [-0.39, 0.29) is 0 Å². The number of carboxylic acids is 1. The fourth-order valence-corrected chi connectivity index (χ4v) is 2.13. The Hall–Kier alpha value is -1.89. The van der Waals surface area contributed by atoms with E-state index in [0.29, 0.717) is 11.0 Å². The third kappa shape index (κ3) is 2.51. The van der Waals surface area contributed by atoms with Gasteiger partial charge in [0.1, 0.15) is 5.25 Å². The first-order valence-electron chi connectivity index (χ1n) is 5.29. The van der Waals surface area contributed by atoms with Crippen molar-refractivity contribution in [2.24, 2.45) is 7.05 Å². The first kappa shape index (κ1) is 12.6. The summed E-state index contributed by atoms with van der Waals surface area (Å²) in [5.41, 5.74) is 0.898. The highest BCUT2D eigenvalue weighted by atomic mass is 32.2. The number of aromatic nitrogens is 4. The van der Waals surface area contributed by atoms with Gasteiger partial charge in [-0.25, -0.2) is 0 Å². The minimum Gasteiger partial charge on any atom is -0.480 e. The van der Waals surface area contributed by atoms with Gasteiger partial charge in [-0.05, 0) is 19.1 Å². The molecule has 0 saturated carbocycles. The lowest BCUT2D eigenvalue weighted by Gasteiger charge is -2.06. The first-order valence-corrected chi connectivity index (χ1v) is 6.17. The fourth-order valence-electron chi connectivity index (χ4n) is 1.38. The van der Waals surface area contributed by atoms with Gasteiger partial charge in [-0.15, -0.1) is 10.2 Å². The van der Waals surface area contributed by atoms with E-state index in [1.807, 2.05) is 19.2 Å². The summed E-state index contributed by atoms with van der Waals surface area (Å²) >= 11 is 1.17. The molecule has 0 aliphatic rings. The zero-order valence-corrected chi connectivity index (χ0v) is 10.8. The van der Waals surface area contributed by atoms with E-state index >= 15 is 0 Å². The quantitative estimate of drug-likeness (QED) is 0.842. The Kier molecular flexibility index (Phi) is 3.61. The summed E-state index contributed by atoms with van der Waals surface area (Å²) in [6.07, 6.45) is 3.35. The summed E-state index contributed by atoms with van der Waals surface area (Å²) in [4.78, 5) is 14.7. The van der Waals surface area contributed by atoms with Gasteiger partial charge < -0.3 is 9.67 Å². The minimum atomic E-state index is -0.867. The molecule has 2 rings (SSSR count). The topological polar surface area (TPSA) is 80.9 Å². The highest BCUT2D eigenvalue weighted by molar-refractivity contribution is 8.00. The van der Waals surface area contributed by atoms with E-state index in [0.717, 1.165) is 5.56 Å². The van der Waals surface area contributed by atoms with E-state index in [4.69, 9.17) is 5.11 Å². The van der Waals surface area contributed by atoms with Crippen LogP contribution in [0.25, 0.3) is 11.4 Å². The van der Waals surface area contributed by atoms with Crippen LogP contribution in [0.3, 0.4) is 0 Å². The number of carboxylic acid groups (broad SMARTS) is 1. The molecular formula is C11H12N4O2S. The number of hydrogen-bond donors (Lipinski definition) is 1. The molecule has 0 aliphatic carbocycles. The van der Waals surface area contributed by atoms with Gasteiger partial charge in [0, 0.05) is 25.0 Å². The number of nitrogens with zero attached hydrogens (tertiary/aromatic N) is 4. The zero-order chi connectivity index (χ0) is 13.1. The molecule has 0 aromatic carbocycles. The molecule has 2 heterocycles. The van der Waals surface area contributed by atoms with Crippen LogP contribution >= 0.6 is 11.8 Å². The van der Waals surface area contributed by atoms with E-state index in [2.05, 4.69) is 15.2 Å². The summed E-state index contributed by atoms with van der Waals surface area (Å²) in [6.45, 7) is 1.62. The Morgan fingerprint density at radius 2 is 2.06 bits per heavy atom. The van der Waals surface area contributed by atoms with Gasteiger partial charge >= 0.3 is 5.97 Å². The number of aliphatic carboxylic acids is 1. The number of carbonyl (C=O) groups is 1. The number of rotatable bonds is 4. The number of pyridine rings is 1. The van der Waals surface area contributed by atoms with Crippen LogP contribution in [0, 0.1) is 0 Å². The van der Waals surface area contributed by atoms with E-state index in [9.17, 15) is 4.79 Å². The summed E-state index contributed by atoms with van der Waals surface area (Å²) in [7, 11) is 1.81. The van der Waals surface area contributed by atoms with Gasteiger partial charge in [0.2, 0.25) is 0 Å². The third-order valence-corrected chi connectivity index (χ3v) is 3.52. The molecule has 0 bridgehead atoms. The second kappa shape index (κ2) is 5.18. The second-order valence-electron chi connectivity index (χ2n) is 3.70. The summed E-state index contributed by atoms with van der Waals surface area (Å²) in [5.74, 6) is -0.175. The standard InChI is InChI=1S/C11H12N4O2S/c1-7(10(16)17)18-11-14-13-9(15(11)2)8-3-5-12-6-4-8/h3-7H,1-2H3,(H,16,17). The Morgan fingerprint density at radius 3 is 2.67 bits per heavy atom. The molecule has 0 radical (unpaired) electrons. The van der Waals surface area contributed by atoms with Crippen LogP contribution in [0.2, 0.25) is 0 Å². The van der Waals surface area contributed by atoms with Crippen molar-refractivity contribution in [2.45, 2.75) is 17.3 Å². The van der Waals surface area contributed by atoms with Crippen molar-refractivity contribution in [3.8, 4) is 11.4 Å². The summed E-state index contributed by atoms with van der Waals surface area (Å²) in [6, 6.07) is 3.66. The van der Waals surface area contributed by atoms with E-state index in [1.165, 1.54) is 11.8 Å². The van der Waals surface area contributed by atoms with Crippen LogP contribution in [-0.4, -0.2) is 36.1 Å². The van der Waals surface area contributed by atoms with Crippen molar-refractivity contribution in [3.63, 3.8) is 0 Å². The Balaban J connectivity index is 2.27. The third-order valence-electron chi connectivity index (χ3n) is 2.40. The van der Waals surface area contributed by atoms with E-state index in [1.54, 1.807) is 23.9 Å². The van der Waals surface area contributed by atoms with Crippen molar-refractivity contribution in [2.75, 3.05) is 0 Å². The lowest BCUT2D eigenvalue weighted by molar-refractivity contribution is -0.136. The lowest BCUT2D eigenvalue weighted by atomic mass is 10.2. The Morgan fingerprint density at radius 1 is 1.39 bits per heavy atom. The molecule has 0 aliphatic heterocycles. The maximum absolute atomic E-state index is 10.8. The number of hydrogen-bond acceptors (Lipinski definition) is 5. The molecule has 0 fully saturated rings. The minimum absolute atomic E-state index is 0.557. The lowest BCUT2D eigenvalue weighted by Crippen LogP contribution is -2.12. The highest BCUT2D eigenvalue weighted by Crippen LogP contribution is 2.25. The van der Waals surface area contributed by atoms with Crippen molar-refractivity contribution in [1.29, 1.82) is 0 Å². The van der Waals surface area contributed by atoms with Gasteiger partial charge in [-0.3, -0.25) is 9.78 Å². The Labute approximate surface area is 108 Å². The molecule has 6 nitrogen and oxygen atoms in total. The fraction of sp³-hybridized carbons (Fsp3) is 0.273. The molecule has 1 atom stereocenters. The van der Waals surface area contributed by atoms with Crippen LogP contribution in [0.15, 0.2) is 29.7 Å². The SMILES string of the molecule is CC(Sc1nnc(-c2ccncc2)n1C)C(=O)O.